The van der Waals surface area contributed by atoms with Crippen molar-refractivity contribution in [3.8, 4) is 6.07 Å². The molecule has 0 heterocycles. The van der Waals surface area contributed by atoms with Crippen LogP contribution in [0.25, 0.3) is 0 Å². The number of ether oxygens (including phenoxy) is 1. The second kappa shape index (κ2) is 7.48. The fourth-order valence-corrected chi connectivity index (χ4v) is 2.33. The Kier molecular flexibility index (Phi) is 5.37. The lowest BCUT2D eigenvalue weighted by atomic mass is 9.96. The molecule has 2 rings (SSSR count). The van der Waals surface area contributed by atoms with Gasteiger partial charge in [-0.05, 0) is 23.8 Å². The Morgan fingerprint density at radius 3 is 2.50 bits per heavy atom. The molecule has 0 radical (unpaired) electrons. The minimum Gasteiger partial charge on any atom is -0.465 e. The normalized spacial score (nSPS) is 10.1. The SMILES string of the molecule is COC(=O)c1cc(F)cc([N+](=O)[O-])c1C(=O)Cc1ccc(C#N)c(F)c1. The van der Waals surface area contributed by atoms with Crippen LogP contribution in [0.2, 0.25) is 0 Å². The minimum atomic E-state index is -1.12. The van der Waals surface area contributed by atoms with Gasteiger partial charge in [0.2, 0.25) is 0 Å². The molecule has 0 N–H and O–H groups in total. The molecule has 9 heteroatoms. The van der Waals surface area contributed by atoms with Crippen LogP contribution in [0.4, 0.5) is 14.5 Å². The number of nitro groups is 1. The monoisotopic (exact) mass is 360 g/mol. The number of nitrogens with zero attached hydrogens (tertiary/aromatic N) is 2. The maximum atomic E-state index is 13.7. The van der Waals surface area contributed by atoms with E-state index in [1.54, 1.807) is 6.07 Å². The van der Waals surface area contributed by atoms with Gasteiger partial charge in [0, 0.05) is 6.42 Å². The third kappa shape index (κ3) is 3.70. The zero-order chi connectivity index (χ0) is 19.4. The summed E-state index contributed by atoms with van der Waals surface area (Å²) in [5.41, 5.74) is -2.24. The highest BCUT2D eigenvalue weighted by Crippen LogP contribution is 2.27. The summed E-state index contributed by atoms with van der Waals surface area (Å²) in [4.78, 5) is 34.5. The van der Waals surface area contributed by atoms with Gasteiger partial charge in [-0.1, -0.05) is 6.07 Å². The summed E-state index contributed by atoms with van der Waals surface area (Å²) in [6.45, 7) is 0. The predicted molar refractivity (Wildman–Crippen MR) is 83.5 cm³/mol. The summed E-state index contributed by atoms with van der Waals surface area (Å²) in [5, 5.41) is 19.9. The first kappa shape index (κ1) is 18.7. The number of nitro benzene ring substituents is 1. The van der Waals surface area contributed by atoms with Crippen LogP contribution in [0, 0.1) is 33.1 Å². The number of halogens is 2. The quantitative estimate of drug-likeness (QED) is 0.351. The van der Waals surface area contributed by atoms with Crippen molar-refractivity contribution in [2.45, 2.75) is 6.42 Å². The molecule has 2 aromatic carbocycles. The van der Waals surface area contributed by atoms with Gasteiger partial charge in [-0.15, -0.1) is 0 Å². The average Bonchev–Trinajstić information content (AvgIpc) is 2.60. The third-order valence-electron chi connectivity index (χ3n) is 3.48. The number of hydrogen-bond acceptors (Lipinski definition) is 6. The number of carbonyl (C=O) groups is 2. The predicted octanol–water partition coefficient (Wildman–Crippen LogP) is 2.96. The maximum absolute atomic E-state index is 13.7. The van der Waals surface area contributed by atoms with Crippen molar-refractivity contribution in [1.29, 1.82) is 5.26 Å². The summed E-state index contributed by atoms with van der Waals surface area (Å²) in [6.07, 6.45) is -0.501. The Morgan fingerprint density at radius 1 is 1.27 bits per heavy atom. The van der Waals surface area contributed by atoms with Crippen molar-refractivity contribution >= 4 is 17.4 Å². The Labute approximate surface area is 145 Å². The molecular formula is C17H10F2N2O5. The van der Waals surface area contributed by atoms with Crippen molar-refractivity contribution in [2.75, 3.05) is 7.11 Å². The van der Waals surface area contributed by atoms with Crippen LogP contribution in [0.1, 0.15) is 31.8 Å². The van der Waals surface area contributed by atoms with E-state index >= 15 is 0 Å². The van der Waals surface area contributed by atoms with Gasteiger partial charge < -0.3 is 4.74 Å². The molecule has 0 aromatic heterocycles. The fourth-order valence-electron chi connectivity index (χ4n) is 2.33. The van der Waals surface area contributed by atoms with Gasteiger partial charge in [0.15, 0.2) is 5.78 Å². The lowest BCUT2D eigenvalue weighted by Crippen LogP contribution is -2.15. The summed E-state index contributed by atoms with van der Waals surface area (Å²) in [5.74, 6) is -3.97. The van der Waals surface area contributed by atoms with Gasteiger partial charge >= 0.3 is 5.97 Å². The van der Waals surface area contributed by atoms with Gasteiger partial charge in [-0.3, -0.25) is 14.9 Å². The van der Waals surface area contributed by atoms with E-state index in [0.717, 1.165) is 19.2 Å². The Hall–Kier alpha value is -3.67. The highest BCUT2D eigenvalue weighted by molar-refractivity contribution is 6.09. The molecular weight excluding hydrogens is 350 g/mol. The highest BCUT2D eigenvalue weighted by atomic mass is 19.1. The average molecular weight is 360 g/mol. The largest absolute Gasteiger partial charge is 0.465 e. The number of Topliss-reactive ketones (excluding diaryl/α,β-unsaturated/α-hetero) is 1. The molecule has 0 aliphatic rings. The first-order chi connectivity index (χ1) is 12.3. The molecule has 0 aliphatic heterocycles. The lowest BCUT2D eigenvalue weighted by Gasteiger charge is -2.09. The summed E-state index contributed by atoms with van der Waals surface area (Å²) in [6, 6.07) is 6.17. The third-order valence-corrected chi connectivity index (χ3v) is 3.48. The Bertz CT molecular complexity index is 966. The molecule has 0 saturated heterocycles. The number of ketones is 1. The second-order valence-electron chi connectivity index (χ2n) is 5.12. The molecule has 7 nitrogen and oxygen atoms in total. The molecule has 0 bridgehead atoms. The van der Waals surface area contributed by atoms with E-state index in [2.05, 4.69) is 4.74 Å². The van der Waals surface area contributed by atoms with Crippen LogP contribution < -0.4 is 0 Å². The number of rotatable bonds is 5. The Morgan fingerprint density at radius 2 is 1.96 bits per heavy atom. The summed E-state index contributed by atoms with van der Waals surface area (Å²) < 4.78 is 31.7. The maximum Gasteiger partial charge on any atom is 0.338 e. The Balaban J connectivity index is 2.54. The van der Waals surface area contributed by atoms with Crippen LogP contribution in [-0.4, -0.2) is 23.8 Å². The van der Waals surface area contributed by atoms with Gasteiger partial charge in [0.05, 0.1) is 29.2 Å². The van der Waals surface area contributed by atoms with E-state index in [1.165, 1.54) is 6.07 Å². The van der Waals surface area contributed by atoms with Crippen LogP contribution in [-0.2, 0) is 11.2 Å². The standard InChI is InChI=1S/C17H10F2N2O5/c1-26-17(23)12-6-11(18)7-14(21(24)25)16(12)15(22)5-9-2-3-10(8-20)13(19)4-9/h2-4,6-7H,5H2,1H3. The van der Waals surface area contributed by atoms with Crippen molar-refractivity contribution in [2.24, 2.45) is 0 Å². The molecule has 0 unspecified atom stereocenters. The topological polar surface area (TPSA) is 110 Å². The van der Waals surface area contributed by atoms with Crippen molar-refractivity contribution in [3.63, 3.8) is 0 Å². The number of hydrogen-bond donors (Lipinski definition) is 0. The molecule has 0 spiro atoms. The molecule has 0 fully saturated rings. The van der Waals surface area contributed by atoms with Crippen LogP contribution in [0.5, 0.6) is 0 Å². The molecule has 132 valence electrons. The first-order valence-electron chi connectivity index (χ1n) is 7.06. The number of nitriles is 1. The first-order valence-corrected chi connectivity index (χ1v) is 7.06. The van der Waals surface area contributed by atoms with E-state index in [9.17, 15) is 28.5 Å². The second-order valence-corrected chi connectivity index (χ2v) is 5.12. The van der Waals surface area contributed by atoms with Gasteiger partial charge in [-0.25, -0.2) is 13.6 Å². The van der Waals surface area contributed by atoms with Crippen molar-refractivity contribution in [3.05, 3.63) is 74.3 Å². The molecule has 0 aliphatic carbocycles. The number of benzene rings is 2. The van der Waals surface area contributed by atoms with Crippen LogP contribution in [0.3, 0.4) is 0 Å². The minimum absolute atomic E-state index is 0.126. The van der Waals surface area contributed by atoms with Crippen LogP contribution in [0.15, 0.2) is 30.3 Å². The molecule has 26 heavy (non-hydrogen) atoms. The van der Waals surface area contributed by atoms with Crippen molar-refractivity contribution < 1.29 is 28.0 Å². The summed E-state index contributed by atoms with van der Waals surface area (Å²) in [7, 11) is 0.976. The van der Waals surface area contributed by atoms with Gasteiger partial charge in [0.1, 0.15) is 23.3 Å². The van der Waals surface area contributed by atoms with E-state index in [0.29, 0.717) is 12.1 Å². The molecule has 0 saturated carbocycles. The van der Waals surface area contributed by atoms with Crippen molar-refractivity contribution in [1.82, 2.24) is 0 Å². The smallest absolute Gasteiger partial charge is 0.338 e. The fraction of sp³-hybridized carbons (Fsp3) is 0.118. The van der Waals surface area contributed by atoms with Gasteiger partial charge in [0.25, 0.3) is 5.69 Å². The molecule has 2 aromatic rings. The molecule has 0 amide bonds. The zero-order valence-electron chi connectivity index (χ0n) is 13.3. The van der Waals surface area contributed by atoms with E-state index in [1.807, 2.05) is 0 Å². The number of carbonyl (C=O) groups excluding carboxylic acids is 2. The van der Waals surface area contributed by atoms with Gasteiger partial charge in [-0.2, -0.15) is 5.26 Å². The number of methoxy groups -OCH3 is 1. The van der Waals surface area contributed by atoms with E-state index < -0.39 is 51.5 Å². The lowest BCUT2D eigenvalue weighted by molar-refractivity contribution is -0.385. The number of esters is 1. The van der Waals surface area contributed by atoms with E-state index in [-0.39, 0.29) is 11.1 Å². The van der Waals surface area contributed by atoms with Crippen LogP contribution >= 0.6 is 0 Å². The zero-order valence-corrected chi connectivity index (χ0v) is 13.3. The molecule has 0 atom stereocenters. The van der Waals surface area contributed by atoms with E-state index in [4.69, 9.17) is 5.26 Å². The highest BCUT2D eigenvalue weighted by Gasteiger charge is 2.29. The summed E-state index contributed by atoms with van der Waals surface area (Å²) >= 11 is 0.